The van der Waals surface area contributed by atoms with Crippen molar-refractivity contribution in [2.75, 3.05) is 7.11 Å². The Balaban J connectivity index is 2.71. The summed E-state index contributed by atoms with van der Waals surface area (Å²) in [6.07, 6.45) is 0.591. The number of carbonyl (C=O) groups is 1. The van der Waals surface area contributed by atoms with Crippen LogP contribution in [0.4, 0.5) is 0 Å². The first kappa shape index (κ1) is 16.0. The van der Waals surface area contributed by atoms with Gasteiger partial charge in [0.1, 0.15) is 0 Å². The Morgan fingerprint density at radius 2 is 2.05 bits per heavy atom. The summed E-state index contributed by atoms with van der Waals surface area (Å²) in [5.74, 6) is -0.335. The Kier molecular flexibility index (Phi) is 6.85. The van der Waals surface area contributed by atoms with Crippen molar-refractivity contribution in [2.45, 2.75) is 30.7 Å². The molecule has 0 aromatic heterocycles. The zero-order chi connectivity index (χ0) is 14.3. The van der Waals surface area contributed by atoms with Gasteiger partial charge >= 0.3 is 120 Å². The van der Waals surface area contributed by atoms with Crippen LogP contribution in [0.5, 0.6) is 0 Å². The first-order chi connectivity index (χ1) is 9.04. The Labute approximate surface area is 120 Å². The summed E-state index contributed by atoms with van der Waals surface area (Å²) in [6, 6.07) is 9.75. The Morgan fingerprint density at radius 3 is 2.58 bits per heavy atom. The summed E-state index contributed by atoms with van der Waals surface area (Å²) in [5, 5.41) is 10.2. The number of hydrogen-bond donors (Lipinski definition) is 1. The predicted molar refractivity (Wildman–Crippen MR) is 77.7 cm³/mol. The summed E-state index contributed by atoms with van der Waals surface area (Å²) in [7, 11) is 1.36. The van der Waals surface area contributed by atoms with E-state index in [4.69, 9.17) is 4.74 Å². The van der Waals surface area contributed by atoms with Gasteiger partial charge in [0.25, 0.3) is 0 Å². The zero-order valence-electron chi connectivity index (χ0n) is 11.3. The SMILES string of the molecule is C=C(C)CC[C@H](O)[C@H]([Se]c1ccccc1)C(=O)OC. The third kappa shape index (κ3) is 5.60. The van der Waals surface area contributed by atoms with Crippen LogP contribution in [0.15, 0.2) is 42.5 Å². The first-order valence-corrected chi connectivity index (χ1v) is 8.01. The van der Waals surface area contributed by atoms with Gasteiger partial charge < -0.3 is 0 Å². The van der Waals surface area contributed by atoms with Crippen molar-refractivity contribution in [3.8, 4) is 0 Å². The molecule has 0 aliphatic rings. The fourth-order valence-electron chi connectivity index (χ4n) is 1.59. The molecule has 0 bridgehead atoms. The monoisotopic (exact) mass is 328 g/mol. The standard InChI is InChI=1S/C15H20O3Se/c1-11(2)9-10-13(16)14(15(17)18-3)19-12-7-5-4-6-8-12/h4-8,13-14,16H,1,9-10H2,2-3H3/t13-,14-/m0/s1. The van der Waals surface area contributed by atoms with Crippen LogP contribution < -0.4 is 4.46 Å². The number of allylic oxidation sites excluding steroid dienone is 1. The van der Waals surface area contributed by atoms with E-state index >= 15 is 0 Å². The number of ether oxygens (including phenoxy) is 1. The Morgan fingerprint density at radius 1 is 1.42 bits per heavy atom. The van der Waals surface area contributed by atoms with E-state index < -0.39 is 10.9 Å². The van der Waals surface area contributed by atoms with E-state index in [1.807, 2.05) is 37.3 Å². The van der Waals surface area contributed by atoms with Crippen LogP contribution in [0.1, 0.15) is 19.8 Å². The molecule has 4 heteroatoms. The molecule has 1 N–H and O–H groups in total. The molecule has 1 rings (SSSR count). The van der Waals surface area contributed by atoms with Crippen molar-refractivity contribution in [1.29, 1.82) is 0 Å². The molecule has 2 atom stereocenters. The van der Waals surface area contributed by atoms with Gasteiger partial charge in [0.05, 0.1) is 0 Å². The van der Waals surface area contributed by atoms with Crippen molar-refractivity contribution >= 4 is 25.4 Å². The molecule has 0 saturated heterocycles. The van der Waals surface area contributed by atoms with E-state index in [2.05, 4.69) is 6.58 Å². The molecular weight excluding hydrogens is 307 g/mol. The molecule has 19 heavy (non-hydrogen) atoms. The van der Waals surface area contributed by atoms with Gasteiger partial charge in [-0.25, -0.2) is 0 Å². The van der Waals surface area contributed by atoms with E-state index in [-0.39, 0.29) is 20.9 Å². The minimum absolute atomic E-state index is 0.136. The molecule has 0 heterocycles. The fraction of sp³-hybridized carbons (Fsp3) is 0.400. The fourth-order valence-corrected chi connectivity index (χ4v) is 3.88. The van der Waals surface area contributed by atoms with Gasteiger partial charge in [0.15, 0.2) is 0 Å². The van der Waals surface area contributed by atoms with Gasteiger partial charge in [-0.2, -0.15) is 0 Å². The van der Waals surface area contributed by atoms with E-state index in [1.165, 1.54) is 7.11 Å². The second-order valence-electron chi connectivity index (χ2n) is 4.44. The van der Waals surface area contributed by atoms with Gasteiger partial charge in [0, 0.05) is 0 Å². The molecule has 0 saturated carbocycles. The molecule has 0 aliphatic heterocycles. The van der Waals surface area contributed by atoms with Crippen molar-refractivity contribution in [1.82, 2.24) is 0 Å². The second kappa shape index (κ2) is 8.15. The molecule has 3 nitrogen and oxygen atoms in total. The van der Waals surface area contributed by atoms with E-state index in [1.54, 1.807) is 0 Å². The Hall–Kier alpha value is -1.09. The number of benzene rings is 1. The molecule has 104 valence electrons. The number of hydrogen-bond acceptors (Lipinski definition) is 3. The molecule has 0 amide bonds. The summed E-state index contributed by atoms with van der Waals surface area (Å²) in [4.78, 5) is 11.4. The van der Waals surface area contributed by atoms with Crippen LogP contribution in [0.2, 0.25) is 4.82 Å². The molecular formula is C15H20O3Se. The summed E-state index contributed by atoms with van der Waals surface area (Å²) in [5.41, 5.74) is 1.01. The van der Waals surface area contributed by atoms with Crippen LogP contribution in [0.3, 0.4) is 0 Å². The van der Waals surface area contributed by atoms with Crippen LogP contribution in [-0.2, 0) is 9.53 Å². The van der Waals surface area contributed by atoms with Crippen molar-refractivity contribution < 1.29 is 14.6 Å². The summed E-state index contributed by atoms with van der Waals surface area (Å²) >= 11 is -0.136. The van der Waals surface area contributed by atoms with Crippen molar-refractivity contribution in [3.05, 3.63) is 42.5 Å². The predicted octanol–water partition coefficient (Wildman–Crippen LogP) is 1.69. The van der Waals surface area contributed by atoms with Crippen LogP contribution in [0, 0.1) is 0 Å². The molecule has 0 radical (unpaired) electrons. The van der Waals surface area contributed by atoms with Crippen molar-refractivity contribution in [3.63, 3.8) is 0 Å². The number of esters is 1. The second-order valence-corrected chi connectivity index (χ2v) is 6.99. The first-order valence-electron chi connectivity index (χ1n) is 6.16. The molecule has 1 aromatic carbocycles. The molecule has 0 fully saturated rings. The number of aliphatic hydroxyl groups is 1. The maximum absolute atomic E-state index is 11.8. The van der Waals surface area contributed by atoms with Gasteiger partial charge in [-0.05, 0) is 0 Å². The molecule has 0 aliphatic carbocycles. The van der Waals surface area contributed by atoms with Crippen LogP contribution >= 0.6 is 0 Å². The normalized spacial score (nSPS) is 13.6. The third-order valence-electron chi connectivity index (χ3n) is 2.66. The summed E-state index contributed by atoms with van der Waals surface area (Å²) < 4.78 is 5.89. The van der Waals surface area contributed by atoms with Gasteiger partial charge in [0.2, 0.25) is 0 Å². The van der Waals surface area contributed by atoms with E-state index in [0.717, 1.165) is 16.5 Å². The average molecular weight is 327 g/mol. The number of carbonyl (C=O) groups excluding carboxylic acids is 1. The topological polar surface area (TPSA) is 46.5 Å². The molecule has 1 aromatic rings. The molecule has 0 spiro atoms. The number of rotatable bonds is 7. The van der Waals surface area contributed by atoms with Gasteiger partial charge in [-0.15, -0.1) is 0 Å². The molecule has 0 unspecified atom stereocenters. The number of methoxy groups -OCH3 is 1. The van der Waals surface area contributed by atoms with Gasteiger partial charge in [-0.1, -0.05) is 0 Å². The van der Waals surface area contributed by atoms with Crippen LogP contribution in [-0.4, -0.2) is 39.2 Å². The van der Waals surface area contributed by atoms with Crippen molar-refractivity contribution in [2.24, 2.45) is 0 Å². The number of aliphatic hydroxyl groups excluding tert-OH is 1. The maximum atomic E-state index is 11.8. The quantitative estimate of drug-likeness (QED) is 0.471. The summed E-state index contributed by atoms with van der Waals surface area (Å²) in [6.45, 7) is 5.73. The van der Waals surface area contributed by atoms with Crippen LogP contribution in [0.25, 0.3) is 0 Å². The van der Waals surface area contributed by atoms with E-state index in [9.17, 15) is 9.90 Å². The minimum atomic E-state index is -0.677. The average Bonchev–Trinajstić information content (AvgIpc) is 2.42. The Bertz CT molecular complexity index is 417. The van der Waals surface area contributed by atoms with E-state index in [0.29, 0.717) is 6.42 Å². The third-order valence-corrected chi connectivity index (χ3v) is 5.39. The zero-order valence-corrected chi connectivity index (χ0v) is 13.0. The van der Waals surface area contributed by atoms with Gasteiger partial charge in [-0.3, -0.25) is 0 Å².